The third-order valence-electron chi connectivity index (χ3n) is 3.61. The van der Waals surface area contributed by atoms with Gasteiger partial charge in [0.1, 0.15) is 0 Å². The molecule has 0 aromatic heterocycles. The van der Waals surface area contributed by atoms with Crippen LogP contribution in [0.2, 0.25) is 0 Å². The van der Waals surface area contributed by atoms with E-state index in [0.717, 1.165) is 32.4 Å². The van der Waals surface area contributed by atoms with Crippen molar-refractivity contribution >= 4 is 10.0 Å². The van der Waals surface area contributed by atoms with Crippen LogP contribution in [-0.4, -0.2) is 33.8 Å². The lowest BCUT2D eigenvalue weighted by Crippen LogP contribution is -2.32. The van der Waals surface area contributed by atoms with Crippen molar-refractivity contribution in [1.29, 1.82) is 0 Å². The van der Waals surface area contributed by atoms with E-state index in [9.17, 15) is 8.42 Å². The summed E-state index contributed by atoms with van der Waals surface area (Å²) in [4.78, 5) is 0. The van der Waals surface area contributed by atoms with E-state index in [-0.39, 0.29) is 0 Å². The molecular formula is C12H22N2O2S. The molecule has 0 spiro atoms. The lowest BCUT2D eigenvalue weighted by Gasteiger charge is -2.16. The first-order valence-electron chi connectivity index (χ1n) is 6.52. The molecule has 1 fully saturated rings. The van der Waals surface area contributed by atoms with Gasteiger partial charge in [-0.3, -0.25) is 0 Å². The topological polar surface area (TPSA) is 58.2 Å². The highest BCUT2D eigenvalue weighted by atomic mass is 32.2. The fourth-order valence-electron chi connectivity index (χ4n) is 2.58. The molecule has 1 aliphatic heterocycles. The van der Waals surface area contributed by atoms with Crippen LogP contribution in [0.25, 0.3) is 0 Å². The molecule has 4 nitrogen and oxygen atoms in total. The number of hydrogen-bond donors (Lipinski definition) is 2. The molecule has 0 aromatic rings. The molecule has 2 rings (SSSR count). The summed E-state index contributed by atoms with van der Waals surface area (Å²) in [6.07, 6.45) is 7.57. The predicted octanol–water partition coefficient (Wildman–Crippen LogP) is 1.02. The Morgan fingerprint density at radius 1 is 1.35 bits per heavy atom. The summed E-state index contributed by atoms with van der Waals surface area (Å²) in [5, 5.41) is 3.22. The third kappa shape index (κ3) is 4.41. The van der Waals surface area contributed by atoms with Crippen LogP contribution < -0.4 is 10.0 Å². The van der Waals surface area contributed by atoms with Crippen molar-refractivity contribution in [2.24, 2.45) is 5.92 Å². The molecule has 0 saturated heterocycles. The molecule has 98 valence electrons. The predicted molar refractivity (Wildman–Crippen MR) is 69.3 cm³/mol. The van der Waals surface area contributed by atoms with Gasteiger partial charge in [-0.05, 0) is 31.7 Å². The van der Waals surface area contributed by atoms with E-state index in [4.69, 9.17) is 0 Å². The lowest BCUT2D eigenvalue weighted by molar-refractivity contribution is 0.548. The largest absolute Gasteiger partial charge is 0.313 e. The summed E-state index contributed by atoms with van der Waals surface area (Å²) in [6, 6.07) is 0. The van der Waals surface area contributed by atoms with E-state index in [1.807, 2.05) is 0 Å². The standard InChI is InChI=1S/C12H22N2O2S/c15-17(16,10-12-3-1-2-4-12)14-9-11-5-7-13-8-6-11/h5,12-14H,1-4,6-10H2. The second-order valence-electron chi connectivity index (χ2n) is 5.07. The Labute approximate surface area is 104 Å². The van der Waals surface area contributed by atoms with Gasteiger partial charge in [0.25, 0.3) is 0 Å². The number of sulfonamides is 1. The molecule has 0 unspecified atom stereocenters. The van der Waals surface area contributed by atoms with Crippen molar-refractivity contribution in [1.82, 2.24) is 10.0 Å². The highest BCUT2D eigenvalue weighted by Gasteiger charge is 2.22. The number of hydrogen-bond acceptors (Lipinski definition) is 3. The Morgan fingerprint density at radius 3 is 2.76 bits per heavy atom. The zero-order chi connectivity index (χ0) is 12.1. The van der Waals surface area contributed by atoms with Gasteiger partial charge in [0, 0.05) is 13.1 Å². The van der Waals surface area contributed by atoms with E-state index < -0.39 is 10.0 Å². The van der Waals surface area contributed by atoms with E-state index in [2.05, 4.69) is 16.1 Å². The summed E-state index contributed by atoms with van der Waals surface area (Å²) < 4.78 is 26.5. The Kier molecular flexibility index (Phi) is 4.59. The first kappa shape index (κ1) is 13.1. The van der Waals surface area contributed by atoms with E-state index >= 15 is 0 Å². The van der Waals surface area contributed by atoms with Gasteiger partial charge in [-0.1, -0.05) is 24.5 Å². The fourth-order valence-corrected chi connectivity index (χ4v) is 4.06. The molecule has 0 atom stereocenters. The SMILES string of the molecule is O=S(=O)(CC1CCCC1)NCC1=CCNCC1. The van der Waals surface area contributed by atoms with Crippen molar-refractivity contribution in [2.45, 2.75) is 32.1 Å². The molecule has 0 aromatic carbocycles. The van der Waals surface area contributed by atoms with Gasteiger partial charge in [-0.2, -0.15) is 0 Å². The van der Waals surface area contributed by atoms with Crippen LogP contribution in [0.3, 0.4) is 0 Å². The minimum atomic E-state index is -3.08. The zero-order valence-corrected chi connectivity index (χ0v) is 11.1. The average Bonchev–Trinajstić information content (AvgIpc) is 2.80. The lowest BCUT2D eigenvalue weighted by atomic mass is 10.1. The second-order valence-corrected chi connectivity index (χ2v) is 6.92. The Bertz CT molecular complexity index is 370. The van der Waals surface area contributed by atoms with Crippen LogP contribution in [-0.2, 0) is 10.0 Å². The smallest absolute Gasteiger partial charge is 0.212 e. The number of nitrogens with one attached hydrogen (secondary N) is 2. The zero-order valence-electron chi connectivity index (χ0n) is 10.2. The highest BCUT2D eigenvalue weighted by Crippen LogP contribution is 2.25. The summed E-state index contributed by atoms with van der Waals surface area (Å²) in [5.74, 6) is 0.702. The summed E-state index contributed by atoms with van der Waals surface area (Å²) in [5.41, 5.74) is 1.21. The van der Waals surface area contributed by atoms with Crippen molar-refractivity contribution in [3.8, 4) is 0 Å². The molecule has 5 heteroatoms. The minimum absolute atomic E-state index is 0.318. The molecule has 0 bridgehead atoms. The van der Waals surface area contributed by atoms with Crippen molar-refractivity contribution in [3.63, 3.8) is 0 Å². The molecule has 1 saturated carbocycles. The molecule has 2 N–H and O–H groups in total. The molecule has 0 radical (unpaired) electrons. The maximum absolute atomic E-state index is 11.9. The highest BCUT2D eigenvalue weighted by molar-refractivity contribution is 7.89. The molecular weight excluding hydrogens is 236 g/mol. The van der Waals surface area contributed by atoms with Gasteiger partial charge >= 0.3 is 0 Å². The van der Waals surface area contributed by atoms with Crippen LogP contribution in [0, 0.1) is 5.92 Å². The van der Waals surface area contributed by atoms with Crippen molar-refractivity contribution in [3.05, 3.63) is 11.6 Å². The normalized spacial score (nSPS) is 22.7. The number of rotatable bonds is 5. The molecule has 0 amide bonds. The van der Waals surface area contributed by atoms with Gasteiger partial charge in [0.05, 0.1) is 5.75 Å². The van der Waals surface area contributed by atoms with Crippen molar-refractivity contribution < 1.29 is 8.42 Å². The van der Waals surface area contributed by atoms with Gasteiger partial charge in [-0.15, -0.1) is 0 Å². The fraction of sp³-hybridized carbons (Fsp3) is 0.833. The van der Waals surface area contributed by atoms with Crippen LogP contribution >= 0.6 is 0 Å². The van der Waals surface area contributed by atoms with Crippen LogP contribution in [0.15, 0.2) is 11.6 Å². The van der Waals surface area contributed by atoms with E-state index in [1.165, 1.54) is 18.4 Å². The van der Waals surface area contributed by atoms with Gasteiger partial charge in [-0.25, -0.2) is 13.1 Å². The molecule has 1 heterocycles. The van der Waals surface area contributed by atoms with Gasteiger partial charge in [0.15, 0.2) is 0 Å². The first-order chi connectivity index (χ1) is 8.16. The van der Waals surface area contributed by atoms with Gasteiger partial charge in [0.2, 0.25) is 10.0 Å². The van der Waals surface area contributed by atoms with E-state index in [0.29, 0.717) is 18.2 Å². The monoisotopic (exact) mass is 258 g/mol. The van der Waals surface area contributed by atoms with Crippen LogP contribution in [0.4, 0.5) is 0 Å². The van der Waals surface area contributed by atoms with Crippen LogP contribution in [0.1, 0.15) is 32.1 Å². The molecule has 1 aliphatic carbocycles. The summed E-state index contributed by atoms with van der Waals surface area (Å²) in [6.45, 7) is 2.31. The van der Waals surface area contributed by atoms with Crippen molar-refractivity contribution in [2.75, 3.05) is 25.4 Å². The minimum Gasteiger partial charge on any atom is -0.313 e. The Balaban J connectivity index is 1.78. The van der Waals surface area contributed by atoms with Crippen LogP contribution in [0.5, 0.6) is 0 Å². The maximum atomic E-state index is 11.9. The summed E-state index contributed by atoms with van der Waals surface area (Å²) >= 11 is 0. The molecule has 2 aliphatic rings. The molecule has 17 heavy (non-hydrogen) atoms. The maximum Gasteiger partial charge on any atom is 0.212 e. The average molecular weight is 258 g/mol. The van der Waals surface area contributed by atoms with E-state index in [1.54, 1.807) is 0 Å². The Morgan fingerprint density at radius 2 is 2.12 bits per heavy atom. The first-order valence-corrected chi connectivity index (χ1v) is 8.17. The summed E-state index contributed by atoms with van der Waals surface area (Å²) in [7, 11) is -3.08. The quantitative estimate of drug-likeness (QED) is 0.724. The third-order valence-corrected chi connectivity index (χ3v) is 5.10. The Hall–Kier alpha value is -0.390. The van der Waals surface area contributed by atoms with Gasteiger partial charge < -0.3 is 5.32 Å². The second kappa shape index (κ2) is 5.98.